The maximum Gasteiger partial charge on any atom is 0.408 e. The zero-order chi connectivity index (χ0) is 62.3. The maximum absolute atomic E-state index is 14.7. The number of amides is 3. The predicted molar refractivity (Wildman–Crippen MR) is 336 cm³/mol. The van der Waals surface area contributed by atoms with Gasteiger partial charge in [0.05, 0.1) is 31.4 Å². The highest BCUT2D eigenvalue weighted by atomic mass is 28.4. The van der Waals surface area contributed by atoms with E-state index in [1.807, 2.05) is 127 Å². The van der Waals surface area contributed by atoms with Crippen molar-refractivity contribution in [3.8, 4) is 16.9 Å². The third-order valence-electron chi connectivity index (χ3n) is 14.7. The van der Waals surface area contributed by atoms with Crippen LogP contribution < -0.4 is 26.0 Å². The molecule has 17 nitrogen and oxygen atoms in total. The van der Waals surface area contributed by atoms with Crippen LogP contribution in [-0.2, 0) is 81.8 Å². The van der Waals surface area contributed by atoms with E-state index in [1.54, 1.807) is 37.4 Å². The molecular weight excluding hydrogens is 1120 g/mol. The molecule has 4 atom stereocenters. The molecule has 0 fully saturated rings. The highest BCUT2D eigenvalue weighted by molar-refractivity contribution is 6.76. The molecular formula is C67H84N4O13Si2. The van der Waals surface area contributed by atoms with Gasteiger partial charge < -0.3 is 54.1 Å². The normalized spacial score (nSPS) is 13.0. The van der Waals surface area contributed by atoms with Crippen LogP contribution in [-0.4, -0.2) is 104 Å². The third kappa shape index (κ3) is 22.1. The van der Waals surface area contributed by atoms with Crippen LogP contribution in [0, 0.1) is 0 Å². The molecule has 458 valence electrons. The summed E-state index contributed by atoms with van der Waals surface area (Å²) in [5, 5.41) is 11.4. The second-order valence-electron chi connectivity index (χ2n) is 23.8. The van der Waals surface area contributed by atoms with E-state index in [2.05, 4.69) is 74.8 Å². The fraction of sp³-hybridized carbons (Fsp3) is 0.373. The molecule has 0 aliphatic heterocycles. The number of hydrogen-bond donors (Lipinski definition) is 4. The fourth-order valence-electron chi connectivity index (χ4n) is 8.77. The Morgan fingerprint density at radius 1 is 0.535 bits per heavy atom. The lowest BCUT2D eigenvalue weighted by atomic mass is 9.94. The Hall–Kier alpha value is -8.11. The van der Waals surface area contributed by atoms with E-state index in [0.29, 0.717) is 34.0 Å². The van der Waals surface area contributed by atoms with Crippen LogP contribution in [0.5, 0.6) is 5.75 Å². The molecule has 0 unspecified atom stereocenters. The first kappa shape index (κ1) is 67.0. The lowest BCUT2D eigenvalue weighted by Gasteiger charge is -2.40. The molecule has 0 aromatic heterocycles. The van der Waals surface area contributed by atoms with Crippen molar-refractivity contribution in [2.75, 3.05) is 27.3 Å². The highest BCUT2D eigenvalue weighted by Gasteiger charge is 2.40. The van der Waals surface area contributed by atoms with Crippen molar-refractivity contribution in [2.24, 2.45) is 0 Å². The average molecular weight is 1210 g/mol. The molecule has 0 spiro atoms. The quantitative estimate of drug-likeness (QED) is 0.0188. The number of alkyl carbamates (subject to hydrolysis) is 2. The Kier molecular flexibility index (Phi) is 25.3. The van der Waals surface area contributed by atoms with Crippen molar-refractivity contribution >= 4 is 52.4 Å². The van der Waals surface area contributed by atoms with E-state index in [4.69, 9.17) is 32.8 Å². The number of hydrogen-bond acceptors (Lipinski definition) is 14. The first-order valence-electron chi connectivity index (χ1n) is 29.0. The van der Waals surface area contributed by atoms with Gasteiger partial charge in [-0.05, 0) is 106 Å². The minimum absolute atomic E-state index is 0.0281. The number of nitrogens with one attached hydrogen (secondary N) is 4. The van der Waals surface area contributed by atoms with Gasteiger partial charge in [-0.15, -0.1) is 0 Å². The third-order valence-corrected chi connectivity index (χ3v) is 21.0. The number of rotatable bonds is 30. The summed E-state index contributed by atoms with van der Waals surface area (Å²) in [6.07, 6.45) is -2.26. The molecule has 0 bridgehead atoms. The van der Waals surface area contributed by atoms with Gasteiger partial charge in [0.1, 0.15) is 44.3 Å². The topological polar surface area (TPSA) is 215 Å². The number of esters is 3. The van der Waals surface area contributed by atoms with E-state index in [1.165, 1.54) is 7.11 Å². The monoisotopic (exact) mass is 1210 g/mol. The van der Waals surface area contributed by atoms with Gasteiger partial charge in [-0.25, -0.2) is 24.0 Å². The molecule has 3 amide bonds. The van der Waals surface area contributed by atoms with E-state index in [0.717, 1.165) is 22.3 Å². The lowest BCUT2D eigenvalue weighted by Crippen LogP contribution is -2.54. The highest BCUT2D eigenvalue weighted by Crippen LogP contribution is 2.38. The summed E-state index contributed by atoms with van der Waals surface area (Å²) < 4.78 is 41.4. The van der Waals surface area contributed by atoms with Crippen LogP contribution in [0.4, 0.5) is 9.59 Å². The summed E-state index contributed by atoms with van der Waals surface area (Å²) in [4.78, 5) is 83.4. The molecule has 19 heteroatoms. The molecule has 0 aliphatic carbocycles. The summed E-state index contributed by atoms with van der Waals surface area (Å²) in [7, 11) is -1.24. The zero-order valence-electron chi connectivity index (χ0n) is 51.2. The predicted octanol–water partition coefficient (Wildman–Crippen LogP) is 11.5. The van der Waals surface area contributed by atoms with Crippen molar-refractivity contribution < 1.29 is 61.6 Å². The smallest absolute Gasteiger partial charge is 0.408 e. The molecule has 86 heavy (non-hydrogen) atoms. The summed E-state index contributed by atoms with van der Waals surface area (Å²) in [5.41, 5.74) is 5.41. The van der Waals surface area contributed by atoms with Crippen LogP contribution in [0.3, 0.4) is 0 Å². The second-order valence-corrected chi connectivity index (χ2v) is 34.2. The molecule has 0 heterocycles. The molecule has 0 aliphatic rings. The number of carbonyl (C=O) groups excluding carboxylic acids is 6. The Morgan fingerprint density at radius 3 is 1.59 bits per heavy atom. The van der Waals surface area contributed by atoms with Gasteiger partial charge >= 0.3 is 30.1 Å². The van der Waals surface area contributed by atoms with Crippen LogP contribution in [0.25, 0.3) is 11.1 Å². The van der Waals surface area contributed by atoms with Gasteiger partial charge in [0.25, 0.3) is 0 Å². The first-order valence-corrected chi connectivity index (χ1v) is 35.6. The van der Waals surface area contributed by atoms with Crippen molar-refractivity contribution in [1.29, 1.82) is 0 Å². The van der Waals surface area contributed by atoms with Crippen molar-refractivity contribution in [3.63, 3.8) is 0 Å². The minimum atomic E-state index is -2.50. The van der Waals surface area contributed by atoms with Crippen molar-refractivity contribution in [2.45, 2.75) is 135 Å². The standard InChI is InChI=1S/C67H84N4O13Si2/c1-67(2,3)86(9,10)84-56(42-69-65(76)82-45-49-27-19-13-20-28-49)41-57(68-4)61(72)70-58(64(75)81-44-48-25-17-12-18-26-48)37-51-35-53(39-55(36-51)62(73)78-5)52-31-32-60(80-43-47-23-15-11-16-24-47)54(38-52)40-59(63(74)79-33-34-85(6,7)8)71-66(77)83-46-50-29-21-14-22-30-50/h11-32,35-36,38-39,56-59,68H,33-34,37,40-46H2,1-10H3,(H,69,76)(H,70,72)(H,71,77)/t56-,57+,58+,59+/m1/s1. The summed E-state index contributed by atoms with van der Waals surface area (Å²) in [5.74, 6) is -2.19. The molecule has 6 rings (SSSR count). The van der Waals surface area contributed by atoms with Gasteiger partial charge in [0.15, 0.2) is 8.32 Å². The Balaban J connectivity index is 1.34. The van der Waals surface area contributed by atoms with Crippen molar-refractivity contribution in [3.05, 3.63) is 197 Å². The molecule has 0 saturated carbocycles. The van der Waals surface area contributed by atoms with Crippen molar-refractivity contribution in [1.82, 2.24) is 21.3 Å². The van der Waals surface area contributed by atoms with Gasteiger partial charge in [-0.3, -0.25) is 4.79 Å². The van der Waals surface area contributed by atoms with E-state index >= 15 is 0 Å². The SMILES string of the molecule is CN[C@@H](C[C@H](CNC(=O)OCc1ccccc1)O[Si](C)(C)C(C)(C)C)C(=O)N[C@@H](Cc1cc(C(=O)OC)cc(-c2ccc(OCc3ccccc3)c(C[C@H](NC(=O)OCc3ccccc3)C(=O)OCC[Si](C)(C)C)c2)c1)C(=O)OCc1ccccc1. The summed E-state index contributed by atoms with van der Waals surface area (Å²) >= 11 is 0. The number of carbonyl (C=O) groups is 6. The van der Waals surface area contributed by atoms with Crippen LogP contribution in [0.2, 0.25) is 43.8 Å². The number of likely N-dealkylation sites (N-methyl/N-ethyl adjacent to an activating group) is 1. The second kappa shape index (κ2) is 32.4. The molecule has 4 N–H and O–H groups in total. The molecule has 0 saturated heterocycles. The molecule has 6 aromatic rings. The van der Waals surface area contributed by atoms with Crippen LogP contribution in [0.1, 0.15) is 70.9 Å². The average Bonchev–Trinajstić information content (AvgIpc) is 1.83. The zero-order valence-corrected chi connectivity index (χ0v) is 53.2. The van der Waals surface area contributed by atoms with Gasteiger partial charge in [-0.1, -0.05) is 174 Å². The Labute approximate surface area is 508 Å². The fourth-order valence-corrected chi connectivity index (χ4v) is 10.9. The minimum Gasteiger partial charge on any atom is -0.489 e. The Morgan fingerprint density at radius 2 is 1.06 bits per heavy atom. The summed E-state index contributed by atoms with van der Waals surface area (Å²) in [6, 6.07) is 44.8. The maximum atomic E-state index is 14.7. The van der Waals surface area contributed by atoms with E-state index in [-0.39, 0.29) is 69.4 Å². The Bertz CT molecular complexity index is 3160. The molecule has 6 aromatic carbocycles. The lowest BCUT2D eigenvalue weighted by molar-refractivity contribution is -0.149. The summed E-state index contributed by atoms with van der Waals surface area (Å²) in [6.45, 7) is 17.3. The number of ether oxygens (including phenoxy) is 6. The number of methoxy groups -OCH3 is 1. The number of benzene rings is 6. The van der Waals surface area contributed by atoms with Gasteiger partial charge in [-0.2, -0.15) is 0 Å². The van der Waals surface area contributed by atoms with E-state index < -0.39 is 76.6 Å². The largest absolute Gasteiger partial charge is 0.489 e. The van der Waals surface area contributed by atoms with Gasteiger partial charge in [0, 0.05) is 27.5 Å². The molecule has 0 radical (unpaired) electrons. The van der Waals surface area contributed by atoms with E-state index in [9.17, 15) is 28.8 Å². The van der Waals surface area contributed by atoms with Gasteiger partial charge in [0.2, 0.25) is 5.91 Å². The first-order chi connectivity index (χ1) is 41.0. The van der Waals surface area contributed by atoms with Crippen LogP contribution >= 0.6 is 0 Å². The van der Waals surface area contributed by atoms with Crippen LogP contribution in [0.15, 0.2) is 158 Å².